The largest absolute Gasteiger partial charge is 0.465 e. The minimum Gasteiger partial charge on any atom is -0.465 e. The Kier molecular flexibility index (Phi) is 6.12. The van der Waals surface area contributed by atoms with Crippen LogP contribution in [0.25, 0.3) is 0 Å². The molecule has 114 valence electrons. The van der Waals surface area contributed by atoms with E-state index < -0.39 is 0 Å². The Morgan fingerprint density at radius 2 is 1.85 bits per heavy atom. The minimum atomic E-state index is -0.231. The van der Waals surface area contributed by atoms with Crippen LogP contribution in [0.15, 0.2) is 12.2 Å². The Morgan fingerprint density at radius 3 is 2.40 bits per heavy atom. The molecule has 0 N–H and O–H groups in total. The SMILES string of the molecule is CCCCCCCCCCOC(=O)C12C=CC(CC1)C2. The second-order valence-electron chi connectivity index (χ2n) is 6.63. The van der Waals surface area contributed by atoms with E-state index in [0.29, 0.717) is 12.5 Å². The number of fused-ring (bicyclic) bond motifs is 2. The van der Waals surface area contributed by atoms with E-state index in [-0.39, 0.29) is 11.4 Å². The molecule has 0 aliphatic heterocycles. The molecule has 0 spiro atoms. The van der Waals surface area contributed by atoms with E-state index in [4.69, 9.17) is 4.74 Å². The molecular formula is C18H30O2. The first kappa shape index (κ1) is 15.6. The van der Waals surface area contributed by atoms with Gasteiger partial charge in [-0.3, -0.25) is 4.79 Å². The predicted molar refractivity (Wildman–Crippen MR) is 82.5 cm³/mol. The zero-order chi connectivity index (χ0) is 14.3. The van der Waals surface area contributed by atoms with Gasteiger partial charge in [-0.05, 0) is 31.6 Å². The number of hydrogen-bond acceptors (Lipinski definition) is 2. The van der Waals surface area contributed by atoms with Crippen molar-refractivity contribution in [1.29, 1.82) is 0 Å². The Bertz CT molecular complexity index is 334. The standard InChI is InChI=1S/C18H30O2/c1-2-3-4-5-6-7-8-9-14-20-17(19)18-12-10-16(15-18)11-13-18/h10,12,16H,2-9,11,13-15H2,1H3. The molecule has 0 aromatic heterocycles. The molecule has 0 heterocycles. The molecule has 2 aliphatic rings. The number of esters is 1. The monoisotopic (exact) mass is 278 g/mol. The van der Waals surface area contributed by atoms with Crippen molar-refractivity contribution in [2.75, 3.05) is 6.61 Å². The van der Waals surface area contributed by atoms with Gasteiger partial charge in [-0.2, -0.15) is 0 Å². The molecule has 0 amide bonds. The molecule has 1 saturated carbocycles. The number of carbonyl (C=O) groups is 1. The molecule has 2 nitrogen and oxygen atoms in total. The van der Waals surface area contributed by atoms with Crippen molar-refractivity contribution in [2.24, 2.45) is 11.3 Å². The molecule has 20 heavy (non-hydrogen) atoms. The van der Waals surface area contributed by atoms with E-state index in [9.17, 15) is 4.79 Å². The van der Waals surface area contributed by atoms with Crippen molar-refractivity contribution in [3.8, 4) is 0 Å². The number of unbranched alkanes of at least 4 members (excludes halogenated alkanes) is 7. The highest BCUT2D eigenvalue weighted by Crippen LogP contribution is 2.49. The predicted octanol–water partition coefficient (Wildman–Crippen LogP) is 5.03. The van der Waals surface area contributed by atoms with Crippen LogP contribution in [0.3, 0.4) is 0 Å². The van der Waals surface area contributed by atoms with E-state index >= 15 is 0 Å². The highest BCUT2D eigenvalue weighted by atomic mass is 16.5. The zero-order valence-electron chi connectivity index (χ0n) is 13.0. The summed E-state index contributed by atoms with van der Waals surface area (Å²) in [5.41, 5.74) is -0.231. The number of hydrogen-bond donors (Lipinski definition) is 0. The lowest BCUT2D eigenvalue weighted by Gasteiger charge is -2.21. The first-order valence-electron chi connectivity index (χ1n) is 8.63. The fourth-order valence-electron chi connectivity index (χ4n) is 3.55. The average Bonchev–Trinajstić information content (AvgIpc) is 3.07. The van der Waals surface area contributed by atoms with Gasteiger partial charge >= 0.3 is 5.97 Å². The highest BCUT2D eigenvalue weighted by Gasteiger charge is 2.47. The van der Waals surface area contributed by atoms with Crippen molar-refractivity contribution in [1.82, 2.24) is 0 Å². The molecule has 0 aromatic rings. The fraction of sp³-hybridized carbons (Fsp3) is 0.833. The van der Waals surface area contributed by atoms with Gasteiger partial charge < -0.3 is 4.74 Å². The third kappa shape index (κ3) is 4.10. The molecule has 2 atom stereocenters. The van der Waals surface area contributed by atoms with Gasteiger partial charge in [0.15, 0.2) is 0 Å². The van der Waals surface area contributed by atoms with Crippen LogP contribution >= 0.6 is 0 Å². The van der Waals surface area contributed by atoms with E-state index in [1.54, 1.807) is 0 Å². The Hall–Kier alpha value is -0.790. The van der Waals surface area contributed by atoms with Crippen LogP contribution in [-0.2, 0) is 9.53 Å². The molecule has 2 unspecified atom stereocenters. The molecule has 2 bridgehead atoms. The van der Waals surface area contributed by atoms with Crippen LogP contribution in [0.2, 0.25) is 0 Å². The van der Waals surface area contributed by atoms with Crippen LogP contribution in [0.1, 0.15) is 77.6 Å². The summed E-state index contributed by atoms with van der Waals surface area (Å²) in [5, 5.41) is 0. The lowest BCUT2D eigenvalue weighted by molar-refractivity contribution is -0.152. The fourth-order valence-corrected chi connectivity index (χ4v) is 3.55. The second-order valence-corrected chi connectivity index (χ2v) is 6.63. The average molecular weight is 278 g/mol. The van der Waals surface area contributed by atoms with E-state index in [2.05, 4.69) is 19.1 Å². The molecule has 2 rings (SSSR count). The van der Waals surface area contributed by atoms with Crippen LogP contribution in [0, 0.1) is 11.3 Å². The van der Waals surface area contributed by atoms with Gasteiger partial charge in [-0.25, -0.2) is 0 Å². The third-order valence-corrected chi connectivity index (χ3v) is 4.91. The summed E-state index contributed by atoms with van der Waals surface area (Å²) in [5.74, 6) is 0.683. The van der Waals surface area contributed by atoms with Gasteiger partial charge in [-0.15, -0.1) is 0 Å². The summed E-state index contributed by atoms with van der Waals surface area (Å²) in [6.45, 7) is 2.87. The van der Waals surface area contributed by atoms with Gasteiger partial charge in [0.2, 0.25) is 0 Å². The lowest BCUT2D eigenvalue weighted by Crippen LogP contribution is -2.27. The maximum atomic E-state index is 12.2. The summed E-state index contributed by atoms with van der Waals surface area (Å²) in [6, 6.07) is 0. The van der Waals surface area contributed by atoms with Crippen molar-refractivity contribution >= 4 is 5.97 Å². The number of rotatable bonds is 10. The summed E-state index contributed by atoms with van der Waals surface area (Å²) in [7, 11) is 0. The van der Waals surface area contributed by atoms with E-state index in [0.717, 1.165) is 19.3 Å². The van der Waals surface area contributed by atoms with Crippen LogP contribution in [-0.4, -0.2) is 12.6 Å². The van der Waals surface area contributed by atoms with Crippen LogP contribution in [0.5, 0.6) is 0 Å². The summed E-state index contributed by atoms with van der Waals surface area (Å²) < 4.78 is 5.50. The summed E-state index contributed by atoms with van der Waals surface area (Å²) in [4.78, 5) is 12.2. The number of ether oxygens (including phenoxy) is 1. The summed E-state index contributed by atoms with van der Waals surface area (Å²) >= 11 is 0. The van der Waals surface area contributed by atoms with Crippen molar-refractivity contribution in [3.63, 3.8) is 0 Å². The quantitative estimate of drug-likeness (QED) is 0.318. The minimum absolute atomic E-state index is 0.0386. The smallest absolute Gasteiger partial charge is 0.315 e. The molecule has 0 radical (unpaired) electrons. The molecule has 2 heteroatoms. The maximum absolute atomic E-state index is 12.2. The normalized spacial score (nSPS) is 27.1. The van der Waals surface area contributed by atoms with Crippen molar-refractivity contribution < 1.29 is 9.53 Å². The Balaban J connectivity index is 1.47. The molecule has 1 fully saturated rings. The van der Waals surface area contributed by atoms with Gasteiger partial charge in [0.1, 0.15) is 0 Å². The second kappa shape index (κ2) is 7.85. The lowest BCUT2D eigenvalue weighted by atomic mass is 9.88. The highest BCUT2D eigenvalue weighted by molar-refractivity contribution is 5.80. The molecular weight excluding hydrogens is 248 g/mol. The number of allylic oxidation sites excluding steroid dienone is 1. The van der Waals surface area contributed by atoms with Crippen molar-refractivity contribution in [3.05, 3.63) is 12.2 Å². The summed E-state index contributed by atoms with van der Waals surface area (Å²) in [6.07, 6.45) is 17.8. The molecule has 0 aromatic carbocycles. The first-order chi connectivity index (χ1) is 9.77. The van der Waals surface area contributed by atoms with Gasteiger partial charge in [-0.1, -0.05) is 64.0 Å². The molecule has 0 saturated heterocycles. The third-order valence-electron chi connectivity index (χ3n) is 4.91. The van der Waals surface area contributed by atoms with Gasteiger partial charge in [0, 0.05) is 0 Å². The van der Waals surface area contributed by atoms with E-state index in [1.165, 1.54) is 51.4 Å². The first-order valence-corrected chi connectivity index (χ1v) is 8.63. The van der Waals surface area contributed by atoms with Crippen LogP contribution in [0.4, 0.5) is 0 Å². The van der Waals surface area contributed by atoms with Gasteiger partial charge in [0.25, 0.3) is 0 Å². The maximum Gasteiger partial charge on any atom is 0.315 e. The Labute approximate surface area is 124 Å². The number of carbonyl (C=O) groups excluding carboxylic acids is 1. The molecule has 2 aliphatic carbocycles. The zero-order valence-corrected chi connectivity index (χ0v) is 13.0. The topological polar surface area (TPSA) is 26.3 Å². The van der Waals surface area contributed by atoms with E-state index in [1.807, 2.05) is 0 Å². The van der Waals surface area contributed by atoms with Crippen molar-refractivity contribution in [2.45, 2.75) is 77.6 Å². The van der Waals surface area contributed by atoms with Crippen LogP contribution < -0.4 is 0 Å². The van der Waals surface area contributed by atoms with Gasteiger partial charge in [0.05, 0.1) is 12.0 Å². The Morgan fingerprint density at radius 1 is 1.15 bits per heavy atom.